The minimum absolute atomic E-state index is 0.225. The quantitative estimate of drug-likeness (QED) is 0.668. The third kappa shape index (κ3) is 4.25. The van der Waals surface area contributed by atoms with Gasteiger partial charge in [-0.15, -0.1) is 0 Å². The lowest BCUT2D eigenvalue weighted by molar-refractivity contribution is -0.0655. The highest BCUT2D eigenvalue weighted by Gasteiger charge is 2.49. The topological polar surface area (TPSA) is 44.5 Å². The lowest BCUT2D eigenvalue weighted by Gasteiger charge is -2.57. The molecule has 2 fully saturated rings. The van der Waals surface area contributed by atoms with Crippen molar-refractivity contribution in [2.75, 3.05) is 26.2 Å². The molecule has 0 radical (unpaired) electrons. The fourth-order valence-electron chi connectivity index (χ4n) is 5.69. The monoisotopic (exact) mass is 430 g/mol. The van der Waals surface area contributed by atoms with Crippen molar-refractivity contribution in [3.05, 3.63) is 77.6 Å². The molecule has 2 saturated heterocycles. The van der Waals surface area contributed by atoms with Crippen molar-refractivity contribution in [2.24, 2.45) is 7.05 Å². The number of aliphatic hydroxyl groups is 1. The summed E-state index contributed by atoms with van der Waals surface area (Å²) in [5, 5.41) is 14.6. The molecular formula is C27H34N4O. The van der Waals surface area contributed by atoms with Gasteiger partial charge in [-0.25, -0.2) is 0 Å². The van der Waals surface area contributed by atoms with Crippen LogP contribution in [0.1, 0.15) is 35.4 Å². The van der Waals surface area contributed by atoms with Crippen molar-refractivity contribution >= 4 is 0 Å². The van der Waals surface area contributed by atoms with Crippen LogP contribution in [-0.2, 0) is 13.6 Å². The Bertz CT molecular complexity index is 1040. The highest BCUT2D eigenvalue weighted by atomic mass is 16.3. The molecule has 0 amide bonds. The smallest absolute Gasteiger partial charge is 0.0593 e. The molecule has 2 aliphatic rings. The van der Waals surface area contributed by atoms with Crippen molar-refractivity contribution in [1.82, 2.24) is 19.6 Å². The number of aryl methyl sites for hydroxylation is 2. The van der Waals surface area contributed by atoms with Crippen LogP contribution in [-0.4, -0.2) is 63.0 Å². The van der Waals surface area contributed by atoms with Crippen molar-refractivity contribution in [2.45, 2.75) is 44.3 Å². The molecule has 5 heteroatoms. The van der Waals surface area contributed by atoms with E-state index < -0.39 is 0 Å². The van der Waals surface area contributed by atoms with Crippen LogP contribution in [0.5, 0.6) is 0 Å². The Labute approximate surface area is 191 Å². The number of rotatable bonds is 5. The summed E-state index contributed by atoms with van der Waals surface area (Å²) < 4.78 is 1.88. The first-order valence-corrected chi connectivity index (χ1v) is 11.9. The van der Waals surface area contributed by atoms with Crippen LogP contribution >= 0.6 is 0 Å². The van der Waals surface area contributed by atoms with Crippen LogP contribution in [0.15, 0.2) is 60.9 Å². The van der Waals surface area contributed by atoms with Crippen molar-refractivity contribution < 1.29 is 5.11 Å². The van der Waals surface area contributed by atoms with Crippen LogP contribution in [0.4, 0.5) is 0 Å². The Balaban J connectivity index is 1.36. The van der Waals surface area contributed by atoms with E-state index in [1.165, 1.54) is 40.7 Å². The van der Waals surface area contributed by atoms with E-state index in [2.05, 4.69) is 76.6 Å². The molecule has 168 valence electrons. The summed E-state index contributed by atoms with van der Waals surface area (Å²) in [5.74, 6) is 0.376. The predicted molar refractivity (Wildman–Crippen MR) is 128 cm³/mol. The minimum atomic E-state index is 0.225. The summed E-state index contributed by atoms with van der Waals surface area (Å²) in [7, 11) is 1.98. The SMILES string of the molecule is Cc1cccc(-c2ccc([C@H]3[C@H](CO)N4CCCCN(Cc5cnn(C)c5)C[C@@H]34)cc2)c1. The Hall–Kier alpha value is -2.47. The molecule has 32 heavy (non-hydrogen) atoms. The summed E-state index contributed by atoms with van der Waals surface area (Å²) in [6.07, 6.45) is 6.50. The second kappa shape index (κ2) is 9.18. The summed E-state index contributed by atoms with van der Waals surface area (Å²) in [4.78, 5) is 5.13. The van der Waals surface area contributed by atoms with Gasteiger partial charge in [0.25, 0.3) is 0 Å². The van der Waals surface area contributed by atoms with E-state index in [1.54, 1.807) is 0 Å². The normalized spacial score (nSPS) is 24.4. The molecule has 5 nitrogen and oxygen atoms in total. The van der Waals surface area contributed by atoms with Crippen LogP contribution in [0.25, 0.3) is 11.1 Å². The van der Waals surface area contributed by atoms with Gasteiger partial charge >= 0.3 is 0 Å². The molecule has 0 unspecified atom stereocenters. The van der Waals surface area contributed by atoms with Gasteiger partial charge in [-0.3, -0.25) is 14.5 Å². The highest BCUT2D eigenvalue weighted by Crippen LogP contribution is 2.42. The van der Waals surface area contributed by atoms with Gasteiger partial charge in [-0.2, -0.15) is 5.10 Å². The molecule has 1 aromatic heterocycles. The van der Waals surface area contributed by atoms with Crippen LogP contribution < -0.4 is 0 Å². The Morgan fingerprint density at radius 2 is 1.84 bits per heavy atom. The maximum absolute atomic E-state index is 10.2. The summed E-state index contributed by atoms with van der Waals surface area (Å²) in [5.41, 5.74) is 6.43. The number of fused-ring (bicyclic) bond motifs is 1. The maximum atomic E-state index is 10.2. The molecule has 2 aromatic carbocycles. The van der Waals surface area contributed by atoms with Crippen molar-refractivity contribution in [3.8, 4) is 11.1 Å². The molecule has 3 atom stereocenters. The van der Waals surface area contributed by atoms with Crippen LogP contribution in [0, 0.1) is 6.92 Å². The van der Waals surface area contributed by atoms with E-state index in [1.807, 2.05) is 17.9 Å². The second-order valence-corrected chi connectivity index (χ2v) is 9.54. The molecule has 5 rings (SSSR count). The molecule has 0 saturated carbocycles. The molecule has 2 aliphatic heterocycles. The van der Waals surface area contributed by atoms with E-state index in [4.69, 9.17) is 0 Å². The van der Waals surface area contributed by atoms with E-state index >= 15 is 0 Å². The molecule has 1 N–H and O–H groups in total. The average Bonchev–Trinajstić information content (AvgIpc) is 3.19. The first-order chi connectivity index (χ1) is 15.6. The van der Waals surface area contributed by atoms with Crippen LogP contribution in [0.2, 0.25) is 0 Å². The first-order valence-electron chi connectivity index (χ1n) is 11.9. The number of aliphatic hydroxyl groups excluding tert-OH is 1. The van der Waals surface area contributed by atoms with E-state index in [-0.39, 0.29) is 12.6 Å². The summed E-state index contributed by atoms with van der Waals surface area (Å²) in [6.45, 7) is 6.56. The van der Waals surface area contributed by atoms with E-state index in [0.717, 1.165) is 26.2 Å². The third-order valence-corrected chi connectivity index (χ3v) is 7.27. The standard InChI is InChI=1S/C27H34N4O/c1-20-6-5-7-24(14-20)22-8-10-23(11-9-22)27-25-18-30(17-21-15-28-29(2)16-21)12-3-4-13-31(25)26(27)19-32/h5-11,14-16,25-27,32H,3-4,12-13,17-19H2,1-2H3/t25-,26-,27+/m0/s1. The number of nitrogens with zero attached hydrogens (tertiary/aromatic N) is 4. The van der Waals surface area contributed by atoms with Crippen molar-refractivity contribution in [3.63, 3.8) is 0 Å². The number of aromatic nitrogens is 2. The lowest BCUT2D eigenvalue weighted by Crippen LogP contribution is -2.67. The minimum Gasteiger partial charge on any atom is -0.395 e. The zero-order chi connectivity index (χ0) is 22.1. The molecule has 3 heterocycles. The first kappa shape index (κ1) is 21.4. The predicted octanol–water partition coefficient (Wildman–Crippen LogP) is 3.82. The van der Waals surface area contributed by atoms with Gasteiger partial charge in [-0.05, 0) is 49.5 Å². The Kier molecular flexibility index (Phi) is 6.13. The molecule has 0 bridgehead atoms. The van der Waals surface area contributed by atoms with Crippen molar-refractivity contribution in [1.29, 1.82) is 0 Å². The molecule has 0 aliphatic carbocycles. The Morgan fingerprint density at radius 1 is 1.03 bits per heavy atom. The largest absolute Gasteiger partial charge is 0.395 e. The lowest BCUT2D eigenvalue weighted by atomic mass is 9.74. The number of hydrogen-bond donors (Lipinski definition) is 1. The third-order valence-electron chi connectivity index (χ3n) is 7.27. The van der Waals surface area contributed by atoms with Gasteiger partial charge in [0.05, 0.1) is 12.8 Å². The van der Waals surface area contributed by atoms with Gasteiger partial charge in [0.2, 0.25) is 0 Å². The van der Waals surface area contributed by atoms with Gasteiger partial charge in [0.15, 0.2) is 0 Å². The summed E-state index contributed by atoms with van der Waals surface area (Å²) in [6, 6.07) is 18.4. The van der Waals surface area contributed by atoms with E-state index in [0.29, 0.717) is 12.0 Å². The van der Waals surface area contributed by atoms with Gasteiger partial charge in [0, 0.05) is 49.9 Å². The maximum Gasteiger partial charge on any atom is 0.0593 e. The zero-order valence-corrected chi connectivity index (χ0v) is 19.2. The highest BCUT2D eigenvalue weighted by molar-refractivity contribution is 5.64. The van der Waals surface area contributed by atoms with Gasteiger partial charge in [-0.1, -0.05) is 54.1 Å². The van der Waals surface area contributed by atoms with Crippen LogP contribution in [0.3, 0.4) is 0 Å². The zero-order valence-electron chi connectivity index (χ0n) is 19.2. The fraction of sp³-hybridized carbons (Fsp3) is 0.444. The molecular weight excluding hydrogens is 396 g/mol. The second-order valence-electron chi connectivity index (χ2n) is 9.54. The van der Waals surface area contributed by atoms with Gasteiger partial charge in [0.1, 0.15) is 0 Å². The average molecular weight is 431 g/mol. The number of benzene rings is 2. The summed E-state index contributed by atoms with van der Waals surface area (Å²) >= 11 is 0. The fourth-order valence-corrected chi connectivity index (χ4v) is 5.69. The van der Waals surface area contributed by atoms with Gasteiger partial charge < -0.3 is 5.11 Å². The van der Waals surface area contributed by atoms with E-state index in [9.17, 15) is 5.11 Å². The molecule has 0 spiro atoms. The Morgan fingerprint density at radius 3 is 2.56 bits per heavy atom. The molecule has 3 aromatic rings. The number of hydrogen-bond acceptors (Lipinski definition) is 4.